The van der Waals surface area contributed by atoms with Gasteiger partial charge in [-0.05, 0) is 61.5 Å². The van der Waals surface area contributed by atoms with Crippen LogP contribution in [0, 0.1) is 6.92 Å². The summed E-state index contributed by atoms with van der Waals surface area (Å²) in [5, 5.41) is 11.7. The van der Waals surface area contributed by atoms with Crippen LogP contribution in [0.15, 0.2) is 73.1 Å². The molecule has 3 heterocycles. The average molecular weight is 428 g/mol. The number of hydrogen-bond acceptors (Lipinski definition) is 5. The highest BCUT2D eigenvalue weighted by atomic mass is 16.5. The summed E-state index contributed by atoms with van der Waals surface area (Å²) in [6.45, 7) is 2.18. The normalized spacial score (nSPS) is 11.0. The molecular weight excluding hydrogens is 408 g/mol. The van der Waals surface area contributed by atoms with Crippen molar-refractivity contribution in [2.24, 2.45) is 0 Å². The SMILES string of the molecule is Cc1c(C=CC(=O)O)nc2ccc(NC(=O)c3ccc(OCc4ccccn4)cc3)cn12. The number of benzene rings is 1. The predicted octanol–water partition coefficient (Wildman–Crippen LogP) is 3.97. The molecule has 0 aliphatic rings. The molecule has 1 amide bonds. The summed E-state index contributed by atoms with van der Waals surface area (Å²) < 4.78 is 7.49. The third-order valence-electron chi connectivity index (χ3n) is 4.77. The van der Waals surface area contributed by atoms with Crippen molar-refractivity contribution >= 4 is 29.3 Å². The second kappa shape index (κ2) is 9.13. The molecule has 0 fully saturated rings. The van der Waals surface area contributed by atoms with Crippen molar-refractivity contribution in [1.82, 2.24) is 14.4 Å². The van der Waals surface area contributed by atoms with Gasteiger partial charge in [0.1, 0.15) is 18.0 Å². The molecule has 3 aromatic heterocycles. The van der Waals surface area contributed by atoms with E-state index in [0.717, 1.165) is 17.5 Å². The topological polar surface area (TPSA) is 106 Å². The van der Waals surface area contributed by atoms with Gasteiger partial charge in [-0.15, -0.1) is 0 Å². The Morgan fingerprint density at radius 1 is 1.12 bits per heavy atom. The summed E-state index contributed by atoms with van der Waals surface area (Å²) in [5.41, 5.74) is 3.87. The highest BCUT2D eigenvalue weighted by molar-refractivity contribution is 6.04. The molecule has 0 spiro atoms. The summed E-state index contributed by atoms with van der Waals surface area (Å²) in [7, 11) is 0. The first-order valence-electron chi connectivity index (χ1n) is 9.83. The Bertz CT molecular complexity index is 1300. The quantitative estimate of drug-likeness (QED) is 0.432. The Balaban J connectivity index is 1.43. The molecule has 8 nitrogen and oxygen atoms in total. The molecule has 0 saturated carbocycles. The molecule has 1 aromatic carbocycles. The van der Waals surface area contributed by atoms with Crippen LogP contribution in [0.5, 0.6) is 5.75 Å². The number of anilines is 1. The van der Waals surface area contributed by atoms with E-state index in [-0.39, 0.29) is 5.91 Å². The van der Waals surface area contributed by atoms with E-state index in [4.69, 9.17) is 9.84 Å². The van der Waals surface area contributed by atoms with Crippen molar-refractivity contribution in [3.05, 3.63) is 95.7 Å². The number of carbonyl (C=O) groups is 2. The lowest BCUT2D eigenvalue weighted by Crippen LogP contribution is -2.12. The number of aromatic nitrogens is 3. The van der Waals surface area contributed by atoms with Gasteiger partial charge >= 0.3 is 5.97 Å². The van der Waals surface area contributed by atoms with Crippen LogP contribution in [0.3, 0.4) is 0 Å². The molecule has 0 aliphatic carbocycles. The fourth-order valence-electron chi connectivity index (χ4n) is 3.11. The number of carbonyl (C=O) groups excluding carboxylic acids is 1. The number of nitrogens with zero attached hydrogens (tertiary/aromatic N) is 3. The van der Waals surface area contributed by atoms with E-state index in [9.17, 15) is 9.59 Å². The summed E-state index contributed by atoms with van der Waals surface area (Å²) in [5.74, 6) is -0.656. The number of fused-ring (bicyclic) bond motifs is 1. The van der Waals surface area contributed by atoms with Gasteiger partial charge in [-0.2, -0.15) is 0 Å². The number of aliphatic carboxylic acids is 1. The zero-order valence-electron chi connectivity index (χ0n) is 17.2. The van der Waals surface area contributed by atoms with Gasteiger partial charge in [0.15, 0.2) is 0 Å². The molecule has 8 heteroatoms. The zero-order valence-corrected chi connectivity index (χ0v) is 17.2. The van der Waals surface area contributed by atoms with E-state index < -0.39 is 5.97 Å². The number of carboxylic acids is 1. The van der Waals surface area contributed by atoms with Crippen LogP contribution in [0.4, 0.5) is 5.69 Å². The van der Waals surface area contributed by atoms with Crippen LogP contribution in [-0.2, 0) is 11.4 Å². The van der Waals surface area contributed by atoms with Gasteiger partial charge in [-0.3, -0.25) is 9.78 Å². The second-order valence-electron chi connectivity index (χ2n) is 6.99. The number of pyridine rings is 2. The van der Waals surface area contributed by atoms with E-state index in [1.54, 1.807) is 53.2 Å². The third kappa shape index (κ3) is 4.81. The number of imidazole rings is 1. The van der Waals surface area contributed by atoms with Gasteiger partial charge in [0, 0.05) is 29.7 Å². The van der Waals surface area contributed by atoms with Crippen LogP contribution in [-0.4, -0.2) is 31.4 Å². The monoisotopic (exact) mass is 428 g/mol. The van der Waals surface area contributed by atoms with E-state index in [2.05, 4.69) is 15.3 Å². The Hall–Kier alpha value is -4.46. The number of amides is 1. The van der Waals surface area contributed by atoms with Crippen molar-refractivity contribution in [1.29, 1.82) is 0 Å². The summed E-state index contributed by atoms with van der Waals surface area (Å²) in [6, 6.07) is 16.0. The Labute approximate surface area is 183 Å². The molecule has 4 rings (SSSR count). The minimum atomic E-state index is -1.04. The first-order valence-corrected chi connectivity index (χ1v) is 9.83. The maximum absolute atomic E-state index is 12.6. The van der Waals surface area contributed by atoms with Crippen molar-refractivity contribution in [2.75, 3.05) is 5.32 Å². The highest BCUT2D eigenvalue weighted by Crippen LogP contribution is 2.19. The lowest BCUT2D eigenvalue weighted by Gasteiger charge is -2.08. The van der Waals surface area contributed by atoms with Crippen molar-refractivity contribution in [3.8, 4) is 5.75 Å². The fraction of sp³-hybridized carbons (Fsp3) is 0.0833. The number of ether oxygens (including phenoxy) is 1. The van der Waals surface area contributed by atoms with Crippen LogP contribution in [0.2, 0.25) is 0 Å². The molecule has 2 N–H and O–H groups in total. The zero-order chi connectivity index (χ0) is 22.5. The average Bonchev–Trinajstić information content (AvgIpc) is 3.12. The largest absolute Gasteiger partial charge is 0.487 e. The molecule has 4 aromatic rings. The molecule has 0 bridgehead atoms. The van der Waals surface area contributed by atoms with Crippen molar-refractivity contribution in [3.63, 3.8) is 0 Å². The molecule has 0 unspecified atom stereocenters. The predicted molar refractivity (Wildman–Crippen MR) is 120 cm³/mol. The molecule has 0 atom stereocenters. The van der Waals surface area contributed by atoms with Crippen LogP contribution >= 0.6 is 0 Å². The van der Waals surface area contributed by atoms with Gasteiger partial charge in [-0.1, -0.05) is 6.07 Å². The number of rotatable bonds is 7. The molecule has 0 saturated heterocycles. The minimum Gasteiger partial charge on any atom is -0.487 e. The molecule has 160 valence electrons. The fourth-order valence-corrected chi connectivity index (χ4v) is 3.11. The Kier molecular flexibility index (Phi) is 5.94. The highest BCUT2D eigenvalue weighted by Gasteiger charge is 2.10. The standard InChI is InChI=1S/C24H20N4O4/c1-16-21(10-12-23(29)30)27-22-11-7-18(14-28(16)22)26-24(31)17-5-8-20(9-6-17)32-15-19-4-2-3-13-25-19/h2-14H,15H2,1H3,(H,26,31)(H,29,30). The second-order valence-corrected chi connectivity index (χ2v) is 6.99. The van der Waals surface area contributed by atoms with Crippen LogP contribution in [0.1, 0.15) is 27.4 Å². The lowest BCUT2D eigenvalue weighted by molar-refractivity contribution is -0.131. The number of aryl methyl sites for hydroxylation is 1. The van der Waals surface area contributed by atoms with E-state index >= 15 is 0 Å². The van der Waals surface area contributed by atoms with E-state index in [1.165, 1.54) is 6.08 Å². The van der Waals surface area contributed by atoms with Crippen molar-refractivity contribution in [2.45, 2.75) is 13.5 Å². The van der Waals surface area contributed by atoms with E-state index in [1.807, 2.05) is 25.1 Å². The summed E-state index contributed by atoms with van der Waals surface area (Å²) >= 11 is 0. The smallest absolute Gasteiger partial charge is 0.328 e. The maximum Gasteiger partial charge on any atom is 0.328 e. The van der Waals surface area contributed by atoms with Crippen molar-refractivity contribution < 1.29 is 19.4 Å². The maximum atomic E-state index is 12.6. The molecule has 32 heavy (non-hydrogen) atoms. The third-order valence-corrected chi connectivity index (χ3v) is 4.77. The van der Waals surface area contributed by atoms with Crippen LogP contribution < -0.4 is 10.1 Å². The van der Waals surface area contributed by atoms with Crippen LogP contribution in [0.25, 0.3) is 11.7 Å². The molecule has 0 radical (unpaired) electrons. The summed E-state index contributed by atoms with van der Waals surface area (Å²) in [6.07, 6.45) is 5.95. The Morgan fingerprint density at radius 2 is 1.94 bits per heavy atom. The number of nitrogens with one attached hydrogen (secondary N) is 1. The van der Waals surface area contributed by atoms with Gasteiger partial charge in [0.05, 0.1) is 17.1 Å². The number of carboxylic acid groups (broad SMARTS) is 1. The lowest BCUT2D eigenvalue weighted by atomic mass is 10.2. The minimum absolute atomic E-state index is 0.260. The van der Waals surface area contributed by atoms with E-state index in [0.29, 0.717) is 34.9 Å². The summed E-state index contributed by atoms with van der Waals surface area (Å²) in [4.78, 5) is 32.0. The number of hydrogen-bond donors (Lipinski definition) is 2. The first-order chi connectivity index (χ1) is 15.5. The Morgan fingerprint density at radius 3 is 2.66 bits per heavy atom. The first kappa shape index (κ1) is 20.8. The van der Waals surface area contributed by atoms with Gasteiger partial charge < -0.3 is 19.6 Å². The van der Waals surface area contributed by atoms with Gasteiger partial charge in [0.25, 0.3) is 5.91 Å². The van der Waals surface area contributed by atoms with Gasteiger partial charge in [-0.25, -0.2) is 9.78 Å². The molecule has 0 aliphatic heterocycles. The molecular formula is C24H20N4O4. The van der Waals surface area contributed by atoms with Gasteiger partial charge in [0.2, 0.25) is 0 Å².